The Labute approximate surface area is 146 Å². The molecule has 4 rings (SSSR count). The molecular weight excluding hydrogens is 338 g/mol. The Hall–Kier alpha value is -3.68. The van der Waals surface area contributed by atoms with Crippen molar-refractivity contribution < 1.29 is 19.8 Å². The van der Waals surface area contributed by atoms with Crippen LogP contribution in [0.15, 0.2) is 35.3 Å². The van der Waals surface area contributed by atoms with E-state index in [0.717, 1.165) is 22.9 Å². The van der Waals surface area contributed by atoms with Crippen LogP contribution in [0.3, 0.4) is 0 Å². The number of nitrogens with zero attached hydrogens (tertiary/aromatic N) is 2. The molecule has 0 radical (unpaired) electrons. The van der Waals surface area contributed by atoms with Gasteiger partial charge in [0.15, 0.2) is 0 Å². The van der Waals surface area contributed by atoms with Gasteiger partial charge in [-0.25, -0.2) is 9.78 Å². The van der Waals surface area contributed by atoms with Crippen molar-refractivity contribution >= 4 is 23.7 Å². The highest BCUT2D eigenvalue weighted by Gasteiger charge is 2.26. The smallest absolute Gasteiger partial charge is 0.328 e. The first-order chi connectivity index (χ1) is 12.4. The molecule has 1 aliphatic carbocycles. The zero-order valence-corrected chi connectivity index (χ0v) is 13.4. The molecule has 0 fully saturated rings. The number of rotatable bonds is 4. The minimum Gasteiger partial charge on any atom is -0.481 e. The summed E-state index contributed by atoms with van der Waals surface area (Å²) in [5, 5.41) is 17.9. The molecule has 8 heteroatoms. The van der Waals surface area contributed by atoms with Crippen molar-refractivity contribution in [1.29, 1.82) is 0 Å². The van der Waals surface area contributed by atoms with Crippen LogP contribution in [0.4, 0.5) is 0 Å². The van der Waals surface area contributed by atoms with Gasteiger partial charge in [0.1, 0.15) is 0 Å². The van der Waals surface area contributed by atoms with Crippen LogP contribution in [0.2, 0.25) is 0 Å². The summed E-state index contributed by atoms with van der Waals surface area (Å²) >= 11 is 0. The second-order valence-electron chi connectivity index (χ2n) is 6.00. The van der Waals surface area contributed by atoms with E-state index in [9.17, 15) is 14.4 Å². The highest BCUT2D eigenvalue weighted by Crippen LogP contribution is 2.36. The van der Waals surface area contributed by atoms with Gasteiger partial charge in [0.05, 0.1) is 23.5 Å². The lowest BCUT2D eigenvalue weighted by Gasteiger charge is -2.05. The van der Waals surface area contributed by atoms with Crippen molar-refractivity contribution in [3.63, 3.8) is 0 Å². The number of benzene rings is 1. The molecule has 0 amide bonds. The molecule has 0 saturated heterocycles. The lowest BCUT2D eigenvalue weighted by atomic mass is 10.0. The predicted molar refractivity (Wildman–Crippen MR) is 92.1 cm³/mol. The minimum absolute atomic E-state index is 0.0962. The third kappa shape index (κ3) is 2.48. The van der Waals surface area contributed by atoms with Crippen molar-refractivity contribution in [2.24, 2.45) is 0 Å². The molecule has 26 heavy (non-hydrogen) atoms. The number of H-pyrrole nitrogens is 1. The van der Waals surface area contributed by atoms with E-state index in [0.29, 0.717) is 23.4 Å². The Morgan fingerprint density at radius 2 is 2.12 bits per heavy atom. The molecule has 2 heterocycles. The topological polar surface area (TPSA) is 125 Å². The maximum Gasteiger partial charge on any atom is 0.328 e. The predicted octanol–water partition coefficient (Wildman–Crippen LogP) is 1.32. The Morgan fingerprint density at radius 1 is 1.31 bits per heavy atom. The summed E-state index contributed by atoms with van der Waals surface area (Å²) in [6, 6.07) is 5.38. The van der Waals surface area contributed by atoms with E-state index in [1.54, 1.807) is 22.7 Å². The molecule has 3 aromatic rings. The van der Waals surface area contributed by atoms with Crippen molar-refractivity contribution in [2.75, 3.05) is 0 Å². The highest BCUT2D eigenvalue weighted by atomic mass is 16.4. The number of aromatic nitrogens is 3. The summed E-state index contributed by atoms with van der Waals surface area (Å²) in [5.41, 5.74) is 3.92. The number of imidazole rings is 1. The summed E-state index contributed by atoms with van der Waals surface area (Å²) in [6.07, 6.45) is 4.24. The SMILES string of the molecule is O=C(O)C=Cc1cn2c3c([nH]c(=O)c2n1)-c1cccc(CC(=O)O)c1C3. The number of carboxylic acid groups (broad SMARTS) is 2. The quantitative estimate of drug-likeness (QED) is 0.476. The van der Waals surface area contributed by atoms with Crippen LogP contribution >= 0.6 is 0 Å². The molecule has 3 N–H and O–H groups in total. The lowest BCUT2D eigenvalue weighted by molar-refractivity contribution is -0.136. The molecule has 2 aromatic heterocycles. The monoisotopic (exact) mass is 351 g/mol. The van der Waals surface area contributed by atoms with Crippen LogP contribution in [0.1, 0.15) is 22.5 Å². The number of carbonyl (C=O) groups is 2. The fourth-order valence-corrected chi connectivity index (χ4v) is 3.33. The Kier molecular flexibility index (Phi) is 3.47. The number of hydrogen-bond acceptors (Lipinski definition) is 4. The van der Waals surface area contributed by atoms with Crippen LogP contribution in [-0.2, 0) is 22.4 Å². The van der Waals surface area contributed by atoms with Gasteiger partial charge in [-0.05, 0) is 17.2 Å². The van der Waals surface area contributed by atoms with E-state index in [4.69, 9.17) is 10.2 Å². The third-order valence-corrected chi connectivity index (χ3v) is 4.37. The van der Waals surface area contributed by atoms with Crippen LogP contribution in [0.25, 0.3) is 23.0 Å². The third-order valence-electron chi connectivity index (χ3n) is 4.37. The number of fused-ring (bicyclic) bond motifs is 5. The number of nitrogens with one attached hydrogen (secondary N) is 1. The zero-order valence-electron chi connectivity index (χ0n) is 13.4. The number of aromatic amines is 1. The highest BCUT2D eigenvalue weighted by molar-refractivity contribution is 5.85. The van der Waals surface area contributed by atoms with Gasteiger partial charge in [0.25, 0.3) is 5.56 Å². The fourth-order valence-electron chi connectivity index (χ4n) is 3.33. The molecule has 1 aromatic carbocycles. The van der Waals surface area contributed by atoms with Crippen molar-refractivity contribution in [3.8, 4) is 11.3 Å². The van der Waals surface area contributed by atoms with E-state index in [1.807, 2.05) is 6.07 Å². The van der Waals surface area contributed by atoms with Gasteiger partial charge in [-0.2, -0.15) is 0 Å². The molecule has 0 saturated carbocycles. The average molecular weight is 351 g/mol. The first-order valence-corrected chi connectivity index (χ1v) is 7.82. The summed E-state index contributed by atoms with van der Waals surface area (Å²) in [6.45, 7) is 0. The summed E-state index contributed by atoms with van der Waals surface area (Å²) in [4.78, 5) is 41.2. The first-order valence-electron chi connectivity index (χ1n) is 7.82. The van der Waals surface area contributed by atoms with Crippen LogP contribution in [0, 0.1) is 0 Å². The van der Waals surface area contributed by atoms with Crippen LogP contribution in [-0.4, -0.2) is 36.5 Å². The Balaban J connectivity index is 1.89. The van der Waals surface area contributed by atoms with Crippen molar-refractivity contribution in [1.82, 2.24) is 14.4 Å². The largest absolute Gasteiger partial charge is 0.481 e. The van der Waals surface area contributed by atoms with Crippen molar-refractivity contribution in [2.45, 2.75) is 12.8 Å². The average Bonchev–Trinajstić information content (AvgIpc) is 3.15. The number of carboxylic acids is 2. The van der Waals surface area contributed by atoms with E-state index >= 15 is 0 Å². The lowest BCUT2D eigenvalue weighted by Crippen LogP contribution is -2.13. The maximum atomic E-state index is 12.4. The number of aliphatic carboxylic acids is 2. The molecule has 0 spiro atoms. The molecule has 0 unspecified atom stereocenters. The summed E-state index contributed by atoms with van der Waals surface area (Å²) < 4.78 is 1.64. The van der Waals surface area contributed by atoms with Crippen LogP contribution < -0.4 is 5.56 Å². The molecule has 130 valence electrons. The molecule has 8 nitrogen and oxygen atoms in total. The van der Waals surface area contributed by atoms with Gasteiger partial charge in [-0.3, -0.25) is 14.0 Å². The van der Waals surface area contributed by atoms with Gasteiger partial charge in [-0.1, -0.05) is 18.2 Å². The van der Waals surface area contributed by atoms with Crippen molar-refractivity contribution in [3.05, 3.63) is 63.3 Å². The second kappa shape index (κ2) is 5.69. The van der Waals surface area contributed by atoms with Crippen LogP contribution in [0.5, 0.6) is 0 Å². The normalized spacial score (nSPS) is 12.5. The van der Waals surface area contributed by atoms with E-state index in [-0.39, 0.29) is 12.1 Å². The Morgan fingerprint density at radius 3 is 2.85 bits per heavy atom. The molecule has 0 bridgehead atoms. The van der Waals surface area contributed by atoms with E-state index in [2.05, 4.69) is 9.97 Å². The van der Waals surface area contributed by atoms with Gasteiger partial charge in [0, 0.05) is 24.3 Å². The maximum absolute atomic E-state index is 12.4. The van der Waals surface area contributed by atoms with Gasteiger partial charge in [-0.15, -0.1) is 0 Å². The molecule has 1 aliphatic rings. The standard InChI is InChI=1S/C18H13N3O5/c22-14(23)5-4-10-8-21-13-7-12-9(6-15(24)25)2-1-3-11(12)16(13)20-18(26)17(21)19-10/h1-5,8H,6-7H2,(H,20,26)(H,22,23)(H,24,25). The zero-order chi connectivity index (χ0) is 18.4. The summed E-state index contributed by atoms with van der Waals surface area (Å²) in [7, 11) is 0. The van der Waals surface area contributed by atoms with Gasteiger partial charge >= 0.3 is 11.9 Å². The van der Waals surface area contributed by atoms with E-state index in [1.165, 1.54) is 6.08 Å². The second-order valence-corrected chi connectivity index (χ2v) is 6.00. The molecule has 0 aliphatic heterocycles. The fraction of sp³-hybridized carbons (Fsp3) is 0.111. The molecular formula is C18H13N3O5. The Bertz CT molecular complexity index is 1170. The number of hydrogen-bond donors (Lipinski definition) is 3. The van der Waals surface area contributed by atoms with Gasteiger partial charge in [0.2, 0.25) is 5.65 Å². The first kappa shape index (κ1) is 15.8. The minimum atomic E-state index is -1.10. The van der Waals surface area contributed by atoms with E-state index < -0.39 is 17.5 Å². The summed E-state index contributed by atoms with van der Waals surface area (Å²) in [5.74, 6) is -2.02. The molecule has 0 atom stereocenters. The van der Waals surface area contributed by atoms with Gasteiger partial charge < -0.3 is 15.2 Å².